The summed E-state index contributed by atoms with van der Waals surface area (Å²) in [5, 5.41) is 2.73. The van der Waals surface area contributed by atoms with Crippen molar-refractivity contribution < 1.29 is 13.2 Å². The topological polar surface area (TPSA) is 62.4 Å². The predicted molar refractivity (Wildman–Crippen MR) is 77.2 cm³/mol. The maximum atomic E-state index is 12.7. The molecule has 0 aliphatic carbocycles. The Bertz CT molecular complexity index is 486. The van der Waals surface area contributed by atoms with Gasteiger partial charge < -0.3 is 5.32 Å². The molecule has 1 aromatic carbocycles. The number of benzene rings is 1. The molecule has 0 atom stereocenters. The fourth-order valence-electron chi connectivity index (χ4n) is 1.32. The molecule has 1 aromatic rings. The Morgan fingerprint density at radius 2 is 2.05 bits per heavy atom. The summed E-state index contributed by atoms with van der Waals surface area (Å²) < 4.78 is 38.5. The standard InChI is InChI=1S/C12H16BrF3N4/c1-7(2)6-18-11(20-17)19-10-5-8(12(14,15)16)3-4-9(10)13/h3-5,7H,6,17H2,1-2H3,(H2,18,19,20). The average molecular weight is 353 g/mol. The largest absolute Gasteiger partial charge is 0.416 e. The monoisotopic (exact) mass is 352 g/mol. The van der Waals surface area contributed by atoms with E-state index in [1.165, 1.54) is 6.07 Å². The molecule has 0 saturated carbocycles. The van der Waals surface area contributed by atoms with Gasteiger partial charge in [0.1, 0.15) is 0 Å². The van der Waals surface area contributed by atoms with Crippen LogP contribution in [0.1, 0.15) is 19.4 Å². The van der Waals surface area contributed by atoms with Crippen LogP contribution in [0.2, 0.25) is 0 Å². The summed E-state index contributed by atoms with van der Waals surface area (Å²) in [6.45, 7) is 4.44. The lowest BCUT2D eigenvalue weighted by Crippen LogP contribution is -2.36. The van der Waals surface area contributed by atoms with Gasteiger partial charge in [0, 0.05) is 11.0 Å². The van der Waals surface area contributed by atoms with Crippen LogP contribution in [-0.2, 0) is 6.18 Å². The Hall–Kier alpha value is -1.28. The fourth-order valence-corrected chi connectivity index (χ4v) is 1.67. The van der Waals surface area contributed by atoms with Gasteiger partial charge in [0.25, 0.3) is 0 Å². The van der Waals surface area contributed by atoms with Crippen molar-refractivity contribution >= 4 is 27.6 Å². The molecule has 0 aliphatic rings. The van der Waals surface area contributed by atoms with E-state index in [1.807, 2.05) is 13.8 Å². The number of halogens is 4. The van der Waals surface area contributed by atoms with Crippen molar-refractivity contribution in [3.63, 3.8) is 0 Å². The molecule has 0 saturated heterocycles. The van der Waals surface area contributed by atoms with Gasteiger partial charge in [0.15, 0.2) is 0 Å². The zero-order chi connectivity index (χ0) is 15.3. The number of nitrogens with zero attached hydrogens (tertiary/aromatic N) is 1. The van der Waals surface area contributed by atoms with Crippen LogP contribution in [0, 0.1) is 5.92 Å². The van der Waals surface area contributed by atoms with Gasteiger partial charge in [-0.05, 0) is 40.0 Å². The molecule has 112 valence electrons. The molecular weight excluding hydrogens is 337 g/mol. The summed E-state index contributed by atoms with van der Waals surface area (Å²) in [7, 11) is 0. The number of aliphatic imine (C=N–C) groups is 1. The minimum Gasteiger partial charge on any atom is -0.324 e. The second-order valence-electron chi connectivity index (χ2n) is 4.54. The van der Waals surface area contributed by atoms with Crippen molar-refractivity contribution in [3.05, 3.63) is 28.2 Å². The second kappa shape index (κ2) is 6.94. The Kier molecular flexibility index (Phi) is 5.82. The first-order valence-corrected chi connectivity index (χ1v) is 6.68. The van der Waals surface area contributed by atoms with E-state index < -0.39 is 11.7 Å². The highest BCUT2D eigenvalue weighted by atomic mass is 79.9. The van der Waals surface area contributed by atoms with Gasteiger partial charge in [-0.3, -0.25) is 10.4 Å². The second-order valence-corrected chi connectivity index (χ2v) is 5.40. The fraction of sp³-hybridized carbons (Fsp3) is 0.417. The first-order valence-electron chi connectivity index (χ1n) is 5.89. The third kappa shape index (κ3) is 5.01. The van der Waals surface area contributed by atoms with Gasteiger partial charge in [0.2, 0.25) is 5.96 Å². The molecule has 0 fully saturated rings. The number of nitrogens with one attached hydrogen (secondary N) is 2. The van der Waals surface area contributed by atoms with Crippen molar-refractivity contribution in [2.45, 2.75) is 20.0 Å². The van der Waals surface area contributed by atoms with Crippen LogP contribution in [0.15, 0.2) is 27.7 Å². The molecule has 8 heteroatoms. The van der Waals surface area contributed by atoms with Crippen molar-refractivity contribution in [2.75, 3.05) is 11.9 Å². The van der Waals surface area contributed by atoms with E-state index in [-0.39, 0.29) is 11.6 Å². The van der Waals surface area contributed by atoms with Gasteiger partial charge in [-0.25, -0.2) is 5.84 Å². The Balaban J connectivity index is 2.98. The van der Waals surface area contributed by atoms with Crippen LogP contribution >= 0.6 is 15.9 Å². The number of nitrogens with two attached hydrogens (primary N) is 1. The zero-order valence-corrected chi connectivity index (χ0v) is 12.6. The molecule has 0 unspecified atom stereocenters. The van der Waals surface area contributed by atoms with Crippen LogP contribution in [0.3, 0.4) is 0 Å². The molecule has 1 rings (SSSR count). The van der Waals surface area contributed by atoms with Crippen LogP contribution in [-0.4, -0.2) is 12.5 Å². The highest BCUT2D eigenvalue weighted by Crippen LogP contribution is 2.33. The van der Waals surface area contributed by atoms with Crippen LogP contribution < -0.4 is 16.6 Å². The average Bonchev–Trinajstić information content (AvgIpc) is 2.34. The quantitative estimate of drug-likeness (QED) is 0.338. The summed E-state index contributed by atoms with van der Waals surface area (Å²) in [4.78, 5) is 4.14. The number of anilines is 1. The maximum absolute atomic E-state index is 12.7. The summed E-state index contributed by atoms with van der Waals surface area (Å²) in [5.74, 6) is 5.82. The van der Waals surface area contributed by atoms with Gasteiger partial charge in [-0.1, -0.05) is 13.8 Å². The molecule has 0 radical (unpaired) electrons. The third-order valence-electron chi connectivity index (χ3n) is 2.30. The van der Waals surface area contributed by atoms with Crippen molar-refractivity contribution in [3.8, 4) is 0 Å². The molecule has 0 aliphatic heterocycles. The summed E-state index contributed by atoms with van der Waals surface area (Å²) in [6, 6.07) is 3.31. The van der Waals surface area contributed by atoms with E-state index in [9.17, 15) is 13.2 Å². The normalized spacial score (nSPS) is 12.7. The van der Waals surface area contributed by atoms with Crippen molar-refractivity contribution in [2.24, 2.45) is 16.8 Å². The Morgan fingerprint density at radius 1 is 1.40 bits per heavy atom. The van der Waals surface area contributed by atoms with Gasteiger partial charge in [0.05, 0.1) is 11.3 Å². The van der Waals surface area contributed by atoms with Crippen LogP contribution in [0.4, 0.5) is 18.9 Å². The zero-order valence-electron chi connectivity index (χ0n) is 11.1. The molecule has 4 N–H and O–H groups in total. The highest BCUT2D eigenvalue weighted by Gasteiger charge is 2.31. The van der Waals surface area contributed by atoms with E-state index in [4.69, 9.17) is 5.84 Å². The number of guanidine groups is 1. The first-order chi connectivity index (χ1) is 9.24. The van der Waals surface area contributed by atoms with Crippen molar-refractivity contribution in [1.29, 1.82) is 0 Å². The van der Waals surface area contributed by atoms with E-state index in [0.29, 0.717) is 16.9 Å². The first kappa shape index (κ1) is 16.8. The molecule has 0 aromatic heterocycles. The lowest BCUT2D eigenvalue weighted by atomic mass is 10.2. The van der Waals surface area contributed by atoms with E-state index in [2.05, 4.69) is 31.7 Å². The molecule has 0 bridgehead atoms. The summed E-state index contributed by atoms with van der Waals surface area (Å²) in [6.07, 6.45) is -4.40. The van der Waals surface area contributed by atoms with Crippen LogP contribution in [0.5, 0.6) is 0 Å². The SMILES string of the molecule is CC(C)CN=C(NN)Nc1cc(C(F)(F)F)ccc1Br. The molecular formula is C12H16BrF3N4. The van der Waals surface area contributed by atoms with E-state index in [0.717, 1.165) is 12.1 Å². The van der Waals surface area contributed by atoms with Gasteiger partial charge in [-0.2, -0.15) is 13.2 Å². The Morgan fingerprint density at radius 3 is 2.55 bits per heavy atom. The van der Waals surface area contributed by atoms with Gasteiger partial charge in [-0.15, -0.1) is 0 Å². The lowest BCUT2D eigenvalue weighted by Gasteiger charge is -2.14. The molecule has 0 spiro atoms. The number of hydrazine groups is 1. The number of hydrogen-bond donors (Lipinski definition) is 3. The van der Waals surface area contributed by atoms with E-state index >= 15 is 0 Å². The van der Waals surface area contributed by atoms with Crippen LogP contribution in [0.25, 0.3) is 0 Å². The molecule has 20 heavy (non-hydrogen) atoms. The number of alkyl halides is 3. The summed E-state index contributed by atoms with van der Waals surface area (Å²) in [5.41, 5.74) is 1.82. The van der Waals surface area contributed by atoms with Crippen molar-refractivity contribution in [1.82, 2.24) is 5.43 Å². The lowest BCUT2D eigenvalue weighted by molar-refractivity contribution is -0.137. The maximum Gasteiger partial charge on any atom is 0.416 e. The molecule has 0 heterocycles. The molecule has 4 nitrogen and oxygen atoms in total. The number of hydrogen-bond acceptors (Lipinski definition) is 2. The predicted octanol–water partition coefficient (Wildman–Crippen LogP) is 3.36. The minimum atomic E-state index is -4.40. The minimum absolute atomic E-state index is 0.207. The number of rotatable bonds is 3. The third-order valence-corrected chi connectivity index (χ3v) is 2.99. The summed E-state index contributed by atoms with van der Waals surface area (Å²) >= 11 is 3.18. The van der Waals surface area contributed by atoms with Gasteiger partial charge >= 0.3 is 6.18 Å². The van der Waals surface area contributed by atoms with E-state index in [1.54, 1.807) is 0 Å². The smallest absolute Gasteiger partial charge is 0.324 e. The Labute approximate surface area is 123 Å². The molecule has 0 amide bonds. The highest BCUT2D eigenvalue weighted by molar-refractivity contribution is 9.10.